The van der Waals surface area contributed by atoms with Gasteiger partial charge in [-0.2, -0.15) is 0 Å². The third-order valence-corrected chi connectivity index (χ3v) is 12.4. The molecule has 3 aliphatic heterocycles. The van der Waals surface area contributed by atoms with E-state index in [1.807, 2.05) is 38.9 Å². The van der Waals surface area contributed by atoms with Gasteiger partial charge in [-0.3, -0.25) is 24.2 Å². The van der Waals surface area contributed by atoms with Crippen molar-refractivity contribution in [2.24, 2.45) is 33.8 Å². The molecule has 2 aromatic heterocycles. The minimum absolute atomic E-state index is 0.0355. The van der Waals surface area contributed by atoms with E-state index in [-0.39, 0.29) is 50.5 Å². The highest BCUT2D eigenvalue weighted by atomic mass is 16.7. The van der Waals surface area contributed by atoms with Gasteiger partial charge in [-0.05, 0) is 79.1 Å². The van der Waals surface area contributed by atoms with Gasteiger partial charge in [0.25, 0.3) is 0 Å². The Balaban J connectivity index is 1.66. The van der Waals surface area contributed by atoms with Gasteiger partial charge in [0, 0.05) is 49.2 Å². The number of hydrogen-bond acceptors (Lipinski definition) is 17. The number of aliphatic imine (C=N–C) groups is 1. The van der Waals surface area contributed by atoms with Crippen LogP contribution in [-0.2, 0) is 59.0 Å². The highest BCUT2D eigenvalue weighted by Crippen LogP contribution is 2.40. The molecule has 13 atom stereocenters. The smallest absolute Gasteiger partial charge is 0.316 e. The fourth-order valence-corrected chi connectivity index (χ4v) is 9.12. The molecule has 0 unspecified atom stereocenters. The Morgan fingerprint density at radius 1 is 1.03 bits per heavy atom. The van der Waals surface area contributed by atoms with Gasteiger partial charge >= 0.3 is 11.9 Å². The number of amides is 1. The number of rotatable bonds is 9. The van der Waals surface area contributed by atoms with E-state index in [1.165, 1.54) is 27.7 Å². The first kappa shape index (κ1) is 49.6. The Hall–Kier alpha value is -4.46. The number of carbonyl (C=O) groups is 4. The highest BCUT2D eigenvalue weighted by molar-refractivity contribution is 6.00. The van der Waals surface area contributed by atoms with Crippen LogP contribution in [0.5, 0.6) is 0 Å². The number of nitrogens with zero attached hydrogens (tertiary/aromatic N) is 5. The summed E-state index contributed by atoms with van der Waals surface area (Å²) in [4.78, 5) is 70.9. The second-order valence-electron chi connectivity index (χ2n) is 17.8. The third-order valence-electron chi connectivity index (χ3n) is 12.4. The van der Waals surface area contributed by atoms with E-state index >= 15 is 0 Å². The van der Waals surface area contributed by atoms with Gasteiger partial charge in [0.05, 0.1) is 55.1 Å². The average molecular weight is 884 g/mol. The van der Waals surface area contributed by atoms with Gasteiger partial charge < -0.3 is 47.8 Å². The minimum atomic E-state index is -1.88. The molecule has 0 aromatic carbocycles. The molecule has 2 bridgehead atoms. The number of ether oxygens (including phenoxy) is 6. The maximum atomic E-state index is 14.7. The van der Waals surface area contributed by atoms with Gasteiger partial charge in [0.2, 0.25) is 5.91 Å². The molecule has 0 spiro atoms. The number of aliphatic hydroxyl groups is 1. The van der Waals surface area contributed by atoms with Crippen LogP contribution in [0.3, 0.4) is 0 Å². The summed E-state index contributed by atoms with van der Waals surface area (Å²) in [6.07, 6.45) is -2.00. The number of aromatic nitrogens is 2. The first-order chi connectivity index (χ1) is 29.7. The van der Waals surface area contributed by atoms with E-state index in [2.05, 4.69) is 20.3 Å². The van der Waals surface area contributed by atoms with Crippen molar-refractivity contribution in [2.75, 3.05) is 27.3 Å². The van der Waals surface area contributed by atoms with Gasteiger partial charge in [-0.1, -0.05) is 38.0 Å². The standard InChI is InChI=1S/C45H65N5O13/c1-13-36-45(10,55)41-26(4)37(48-29(7)51)24(2)19-44(9,57-22-33(21-56-41)49-58-23-32-15-14-31(20-46-32)35-16-17-47-63-35)40(27(5)38(53)28(6)42(54)61-36)62-43-39(60-30(8)52)34(50(11)12)18-25(3)59-43/h14-17,20,24-28,34,36,39-41,43,55H,13,18-19,21-23H2,1-12H3/b48-37+,49-33?/t24-,25-,26+,27+,28-,34+,36-,39-,40-,41-,43+,44-,45-/m1/s1. The summed E-state index contributed by atoms with van der Waals surface area (Å²) >= 11 is 0. The fourth-order valence-electron chi connectivity index (χ4n) is 9.12. The van der Waals surface area contributed by atoms with Crippen LogP contribution >= 0.6 is 0 Å². The van der Waals surface area contributed by atoms with Gasteiger partial charge in [-0.15, -0.1) is 0 Å². The van der Waals surface area contributed by atoms with Crippen LogP contribution < -0.4 is 0 Å². The van der Waals surface area contributed by atoms with E-state index in [0.29, 0.717) is 23.6 Å². The number of Topliss-reactive ketones (excluding diaryl/α,β-unsaturated/α-hetero) is 1. The number of cyclic esters (lactones) is 1. The number of ketones is 1. The summed E-state index contributed by atoms with van der Waals surface area (Å²) in [5.41, 5.74) is -1.41. The van der Waals surface area contributed by atoms with Gasteiger partial charge in [0.15, 0.2) is 30.5 Å². The molecule has 348 valence electrons. The van der Waals surface area contributed by atoms with E-state index in [0.717, 1.165) is 5.56 Å². The number of fused-ring (bicyclic) bond motifs is 5. The zero-order chi connectivity index (χ0) is 46.4. The molecular formula is C45H65N5O13. The average Bonchev–Trinajstić information content (AvgIpc) is 3.76. The normalized spacial score (nSPS) is 36.3. The number of hydrogen-bond donors (Lipinski definition) is 1. The number of likely N-dealkylation sites (N-methyl/N-ethyl adjacent to an activating group) is 1. The van der Waals surface area contributed by atoms with Crippen LogP contribution in [0.25, 0.3) is 11.3 Å². The van der Waals surface area contributed by atoms with E-state index in [1.54, 1.807) is 52.2 Å². The third kappa shape index (κ3) is 11.8. The van der Waals surface area contributed by atoms with Crippen molar-refractivity contribution < 1.29 is 62.1 Å². The SMILES string of the molecule is CC[C@H]1OC(=O)[C@H](C)C(=O)[C@H](C)[C@@H](O[C@@H]2O[C@H](C)C[C@H](N(C)C)[C@H]2OC(C)=O)[C@@]2(C)C[C@@H](C)/C(=N\C(C)=O)[C@H](C)[C@@H](OCC(=NOCc3ccc(-c4ccno4)cn3)CO2)[C@]1(C)O. The largest absolute Gasteiger partial charge is 0.459 e. The number of pyridine rings is 1. The fraction of sp³-hybridized carbons (Fsp3) is 0.689. The molecule has 0 aliphatic carbocycles. The van der Waals surface area contributed by atoms with Crippen LogP contribution in [0.2, 0.25) is 0 Å². The predicted octanol–water partition coefficient (Wildman–Crippen LogP) is 4.74. The molecule has 1 amide bonds. The van der Waals surface area contributed by atoms with E-state index in [9.17, 15) is 24.3 Å². The summed E-state index contributed by atoms with van der Waals surface area (Å²) < 4.78 is 44.0. The van der Waals surface area contributed by atoms with Crippen molar-refractivity contribution >= 4 is 35.1 Å². The molecule has 18 heteroatoms. The lowest BCUT2D eigenvalue weighted by atomic mass is 9.73. The Labute approximate surface area is 369 Å². The lowest BCUT2D eigenvalue weighted by molar-refractivity contribution is -0.298. The summed E-state index contributed by atoms with van der Waals surface area (Å²) in [5, 5.41) is 20.7. The second kappa shape index (κ2) is 21.0. The Bertz CT molecular complexity index is 1950. The molecule has 5 rings (SSSR count). The molecule has 2 aromatic rings. The van der Waals surface area contributed by atoms with Crippen LogP contribution in [-0.4, -0.2) is 137 Å². The van der Waals surface area contributed by atoms with Crippen molar-refractivity contribution in [2.45, 2.75) is 149 Å². The topological polar surface area (TPSA) is 220 Å². The quantitative estimate of drug-likeness (QED) is 0.204. The molecule has 1 N–H and O–H groups in total. The predicted molar refractivity (Wildman–Crippen MR) is 228 cm³/mol. The molecule has 18 nitrogen and oxygen atoms in total. The number of esters is 2. The van der Waals surface area contributed by atoms with Crippen LogP contribution in [0, 0.1) is 23.7 Å². The zero-order valence-electron chi connectivity index (χ0n) is 38.6. The first-order valence-corrected chi connectivity index (χ1v) is 21.7. The van der Waals surface area contributed by atoms with E-state index in [4.69, 9.17) is 37.8 Å². The molecule has 0 radical (unpaired) electrons. The molecule has 0 saturated carbocycles. The Morgan fingerprint density at radius 3 is 2.37 bits per heavy atom. The second-order valence-corrected chi connectivity index (χ2v) is 17.8. The summed E-state index contributed by atoms with van der Waals surface area (Å²) in [5.74, 6) is -5.53. The Morgan fingerprint density at radius 2 is 1.76 bits per heavy atom. The Kier molecular flexibility index (Phi) is 16.5. The summed E-state index contributed by atoms with van der Waals surface area (Å²) in [6.45, 7) is 15.8. The molecule has 5 heterocycles. The number of oxime groups is 1. The zero-order valence-corrected chi connectivity index (χ0v) is 38.6. The lowest BCUT2D eigenvalue weighted by Crippen LogP contribution is -2.60. The minimum Gasteiger partial charge on any atom is -0.459 e. The lowest BCUT2D eigenvalue weighted by Gasteiger charge is -2.48. The van der Waals surface area contributed by atoms with Gasteiger partial charge in [0.1, 0.15) is 23.3 Å². The molecular weight excluding hydrogens is 819 g/mol. The van der Waals surface area contributed by atoms with Crippen LogP contribution in [0.4, 0.5) is 0 Å². The van der Waals surface area contributed by atoms with Crippen molar-refractivity contribution in [1.29, 1.82) is 0 Å². The van der Waals surface area contributed by atoms with Crippen molar-refractivity contribution in [1.82, 2.24) is 15.0 Å². The van der Waals surface area contributed by atoms with Crippen LogP contribution in [0.1, 0.15) is 94.2 Å². The highest BCUT2D eigenvalue weighted by Gasteiger charge is 2.53. The maximum absolute atomic E-state index is 14.7. The van der Waals surface area contributed by atoms with Crippen molar-refractivity contribution in [3.63, 3.8) is 0 Å². The van der Waals surface area contributed by atoms with Gasteiger partial charge in [-0.25, -0.2) is 4.99 Å². The van der Waals surface area contributed by atoms with Crippen molar-refractivity contribution in [3.8, 4) is 11.3 Å². The van der Waals surface area contributed by atoms with E-state index < -0.39 is 89.2 Å². The first-order valence-electron chi connectivity index (χ1n) is 21.7. The van der Waals surface area contributed by atoms with Crippen molar-refractivity contribution in [3.05, 3.63) is 36.3 Å². The monoisotopic (exact) mass is 883 g/mol. The van der Waals surface area contributed by atoms with Crippen LogP contribution in [0.15, 0.2) is 45.3 Å². The molecule has 3 saturated heterocycles. The molecule has 3 aliphatic rings. The summed E-state index contributed by atoms with van der Waals surface area (Å²) in [6, 6.07) is 4.98. The number of carbonyl (C=O) groups excluding carboxylic acids is 4. The molecule has 63 heavy (non-hydrogen) atoms. The maximum Gasteiger partial charge on any atom is 0.316 e. The molecule has 3 fully saturated rings. The summed E-state index contributed by atoms with van der Waals surface area (Å²) in [7, 11) is 3.74.